The first-order valence-corrected chi connectivity index (χ1v) is 6.55. The lowest BCUT2D eigenvalue weighted by atomic mass is 9.81. The van der Waals surface area contributed by atoms with Gasteiger partial charge in [0.2, 0.25) is 5.91 Å². The van der Waals surface area contributed by atoms with Gasteiger partial charge in [-0.05, 0) is 32.1 Å². The third-order valence-corrected chi connectivity index (χ3v) is 3.65. The summed E-state index contributed by atoms with van der Waals surface area (Å²) in [6.07, 6.45) is 9.13. The van der Waals surface area contributed by atoms with Crippen molar-refractivity contribution in [3.63, 3.8) is 0 Å². The average molecular weight is 251 g/mol. The Balaban J connectivity index is 2.40. The molecule has 100 valence electrons. The van der Waals surface area contributed by atoms with Gasteiger partial charge in [-0.15, -0.1) is 12.3 Å². The zero-order valence-corrected chi connectivity index (χ0v) is 10.8. The average Bonchev–Trinajstić information content (AvgIpc) is 2.38. The summed E-state index contributed by atoms with van der Waals surface area (Å²) in [6, 6.07) is 0.0414. The van der Waals surface area contributed by atoms with Gasteiger partial charge in [0.05, 0.1) is 5.92 Å². The predicted octanol–water partition coefficient (Wildman–Crippen LogP) is 1.80. The van der Waals surface area contributed by atoms with Crippen molar-refractivity contribution in [2.45, 2.75) is 51.5 Å². The molecule has 0 bridgehead atoms. The molecule has 0 aromatic heterocycles. The Morgan fingerprint density at radius 1 is 1.33 bits per heavy atom. The minimum Gasteiger partial charge on any atom is -0.481 e. The molecule has 0 saturated heterocycles. The molecule has 1 aliphatic rings. The Hall–Kier alpha value is -1.50. The number of hydrogen-bond acceptors (Lipinski definition) is 2. The number of nitrogens with one attached hydrogen (secondary N) is 1. The fourth-order valence-corrected chi connectivity index (χ4v) is 2.36. The molecule has 0 aromatic carbocycles. The first-order chi connectivity index (χ1) is 8.58. The molecule has 1 unspecified atom stereocenters. The van der Waals surface area contributed by atoms with Gasteiger partial charge in [-0.25, -0.2) is 0 Å². The van der Waals surface area contributed by atoms with Crippen molar-refractivity contribution in [3.05, 3.63) is 0 Å². The second-order valence-corrected chi connectivity index (χ2v) is 4.91. The monoisotopic (exact) mass is 251 g/mol. The van der Waals surface area contributed by atoms with Crippen LogP contribution in [0.25, 0.3) is 0 Å². The number of carboxylic acid groups (broad SMARTS) is 1. The van der Waals surface area contributed by atoms with Crippen LogP contribution in [0.3, 0.4) is 0 Å². The molecule has 0 spiro atoms. The minimum atomic E-state index is -0.743. The summed E-state index contributed by atoms with van der Waals surface area (Å²) >= 11 is 0. The van der Waals surface area contributed by atoms with Crippen LogP contribution in [0.5, 0.6) is 0 Å². The van der Waals surface area contributed by atoms with Gasteiger partial charge < -0.3 is 10.4 Å². The van der Waals surface area contributed by atoms with E-state index >= 15 is 0 Å². The zero-order valence-electron chi connectivity index (χ0n) is 10.8. The summed E-state index contributed by atoms with van der Waals surface area (Å²) in [7, 11) is 0. The van der Waals surface area contributed by atoms with Gasteiger partial charge in [-0.1, -0.05) is 6.92 Å². The van der Waals surface area contributed by atoms with E-state index in [0.29, 0.717) is 32.1 Å². The summed E-state index contributed by atoms with van der Waals surface area (Å²) in [5.41, 5.74) is 0. The van der Waals surface area contributed by atoms with Crippen molar-refractivity contribution in [1.82, 2.24) is 5.32 Å². The first kappa shape index (κ1) is 14.6. The molecule has 1 aliphatic carbocycles. The van der Waals surface area contributed by atoms with Gasteiger partial charge in [0.15, 0.2) is 0 Å². The number of terminal acetylenes is 1. The van der Waals surface area contributed by atoms with Crippen LogP contribution in [0.4, 0.5) is 0 Å². The van der Waals surface area contributed by atoms with Gasteiger partial charge in [0.25, 0.3) is 0 Å². The fraction of sp³-hybridized carbons (Fsp3) is 0.714. The maximum atomic E-state index is 12.0. The van der Waals surface area contributed by atoms with Crippen molar-refractivity contribution >= 4 is 11.9 Å². The molecule has 4 nitrogen and oxygen atoms in total. The van der Waals surface area contributed by atoms with E-state index in [4.69, 9.17) is 11.5 Å². The molecule has 18 heavy (non-hydrogen) atoms. The zero-order chi connectivity index (χ0) is 13.5. The van der Waals surface area contributed by atoms with Crippen molar-refractivity contribution < 1.29 is 14.7 Å². The Morgan fingerprint density at radius 2 is 1.89 bits per heavy atom. The van der Waals surface area contributed by atoms with Crippen molar-refractivity contribution in [3.8, 4) is 12.3 Å². The number of rotatable bonds is 5. The largest absolute Gasteiger partial charge is 0.481 e. The fourth-order valence-electron chi connectivity index (χ4n) is 2.36. The number of carbonyl (C=O) groups is 2. The summed E-state index contributed by atoms with van der Waals surface area (Å²) in [4.78, 5) is 22.8. The highest BCUT2D eigenvalue weighted by Crippen LogP contribution is 2.29. The van der Waals surface area contributed by atoms with Crippen LogP contribution in [0, 0.1) is 24.2 Å². The predicted molar refractivity (Wildman–Crippen MR) is 68.8 cm³/mol. The highest BCUT2D eigenvalue weighted by atomic mass is 16.4. The van der Waals surface area contributed by atoms with E-state index in [1.165, 1.54) is 0 Å². The van der Waals surface area contributed by atoms with Crippen LogP contribution in [0.15, 0.2) is 0 Å². The minimum absolute atomic E-state index is 0.0286. The SMILES string of the molecule is C#CCC(CC)NC(=O)C1CCC(C(=O)O)CC1. The van der Waals surface area contributed by atoms with E-state index in [1.54, 1.807) is 0 Å². The molecule has 1 amide bonds. The molecule has 4 heteroatoms. The number of hydrogen-bond donors (Lipinski definition) is 2. The summed E-state index contributed by atoms with van der Waals surface area (Å²) < 4.78 is 0. The smallest absolute Gasteiger partial charge is 0.306 e. The molecule has 2 N–H and O–H groups in total. The quantitative estimate of drug-likeness (QED) is 0.732. The van der Waals surface area contributed by atoms with E-state index in [2.05, 4.69) is 11.2 Å². The Kier molecular flexibility index (Phi) is 5.70. The lowest BCUT2D eigenvalue weighted by molar-refractivity contribution is -0.144. The Bertz CT molecular complexity index is 337. The molecular formula is C14H21NO3. The van der Waals surface area contributed by atoms with Crippen LogP contribution in [0.1, 0.15) is 45.4 Å². The maximum absolute atomic E-state index is 12.0. The second kappa shape index (κ2) is 7.05. The van der Waals surface area contributed by atoms with Crippen LogP contribution < -0.4 is 5.32 Å². The van der Waals surface area contributed by atoms with Crippen LogP contribution >= 0.6 is 0 Å². The molecule has 0 aromatic rings. The molecule has 0 radical (unpaired) electrons. The number of amides is 1. The number of aliphatic carboxylic acids is 1. The van der Waals surface area contributed by atoms with Crippen molar-refractivity contribution in [2.24, 2.45) is 11.8 Å². The highest BCUT2D eigenvalue weighted by molar-refractivity contribution is 5.79. The number of carboxylic acids is 1. The first-order valence-electron chi connectivity index (χ1n) is 6.55. The van der Waals surface area contributed by atoms with E-state index in [9.17, 15) is 9.59 Å². The van der Waals surface area contributed by atoms with Gasteiger partial charge in [-0.2, -0.15) is 0 Å². The van der Waals surface area contributed by atoms with E-state index in [0.717, 1.165) is 6.42 Å². The van der Waals surface area contributed by atoms with Gasteiger partial charge in [-0.3, -0.25) is 9.59 Å². The normalized spacial score (nSPS) is 24.9. The van der Waals surface area contributed by atoms with E-state index in [1.807, 2.05) is 6.92 Å². The Morgan fingerprint density at radius 3 is 2.33 bits per heavy atom. The summed E-state index contributed by atoms with van der Waals surface area (Å²) in [6.45, 7) is 1.99. The molecule has 1 fully saturated rings. The van der Waals surface area contributed by atoms with Crippen molar-refractivity contribution in [2.75, 3.05) is 0 Å². The maximum Gasteiger partial charge on any atom is 0.306 e. The van der Waals surface area contributed by atoms with Gasteiger partial charge in [0.1, 0.15) is 0 Å². The molecule has 0 aliphatic heterocycles. The Labute approximate surface area is 108 Å². The van der Waals surface area contributed by atoms with Crippen LogP contribution in [-0.4, -0.2) is 23.0 Å². The van der Waals surface area contributed by atoms with Crippen LogP contribution in [-0.2, 0) is 9.59 Å². The second-order valence-electron chi connectivity index (χ2n) is 4.91. The van der Waals surface area contributed by atoms with Crippen LogP contribution in [0.2, 0.25) is 0 Å². The van der Waals surface area contributed by atoms with E-state index < -0.39 is 5.97 Å². The van der Waals surface area contributed by atoms with Gasteiger partial charge in [0, 0.05) is 18.4 Å². The molecule has 1 saturated carbocycles. The van der Waals surface area contributed by atoms with E-state index in [-0.39, 0.29) is 23.8 Å². The standard InChI is InChI=1S/C14H21NO3/c1-3-5-12(4-2)15-13(16)10-6-8-11(9-7-10)14(17)18/h1,10-12H,4-9H2,2H3,(H,15,16)(H,17,18). The molecule has 0 heterocycles. The summed E-state index contributed by atoms with van der Waals surface area (Å²) in [5, 5.41) is 11.8. The highest BCUT2D eigenvalue weighted by Gasteiger charge is 2.30. The molecule has 1 rings (SSSR count). The number of carbonyl (C=O) groups excluding carboxylic acids is 1. The lowest BCUT2D eigenvalue weighted by Gasteiger charge is -2.26. The van der Waals surface area contributed by atoms with Crippen molar-refractivity contribution in [1.29, 1.82) is 0 Å². The topological polar surface area (TPSA) is 66.4 Å². The lowest BCUT2D eigenvalue weighted by Crippen LogP contribution is -2.40. The molecule has 1 atom stereocenters. The summed E-state index contributed by atoms with van der Waals surface area (Å²) in [5.74, 6) is 1.52. The third-order valence-electron chi connectivity index (χ3n) is 3.65. The molecular weight excluding hydrogens is 230 g/mol. The third kappa shape index (κ3) is 4.06. The van der Waals surface area contributed by atoms with Gasteiger partial charge >= 0.3 is 5.97 Å².